The molecular weight excluding hydrogens is 286 g/mol. The van der Waals surface area contributed by atoms with Crippen molar-refractivity contribution in [3.05, 3.63) is 58.1 Å². The lowest BCUT2D eigenvalue weighted by molar-refractivity contribution is -0.384. The monoisotopic (exact) mass is 297 g/mol. The van der Waals surface area contributed by atoms with Crippen LogP contribution in [0.1, 0.15) is 5.56 Å². The first-order chi connectivity index (χ1) is 10.5. The van der Waals surface area contributed by atoms with E-state index >= 15 is 0 Å². The zero-order chi connectivity index (χ0) is 15.7. The normalized spacial score (nSPS) is 10.7. The minimum Gasteiger partial charge on any atom is -0.436 e. The van der Waals surface area contributed by atoms with Crippen LogP contribution in [0.2, 0.25) is 0 Å². The molecule has 2 N–H and O–H groups in total. The second-order valence-corrected chi connectivity index (χ2v) is 4.73. The van der Waals surface area contributed by atoms with Crippen LogP contribution < -0.4 is 5.73 Å². The van der Waals surface area contributed by atoms with E-state index in [1.54, 1.807) is 30.3 Å². The lowest BCUT2D eigenvalue weighted by Gasteiger charge is -1.96. The summed E-state index contributed by atoms with van der Waals surface area (Å²) in [7, 11) is 0. The maximum Gasteiger partial charge on any atom is 0.269 e. The molecule has 0 aliphatic rings. The number of primary amides is 1. The van der Waals surface area contributed by atoms with E-state index < -0.39 is 10.8 Å². The Morgan fingerprint density at radius 1 is 1.23 bits per heavy atom. The van der Waals surface area contributed by atoms with Crippen molar-refractivity contribution in [2.45, 2.75) is 6.42 Å². The predicted molar refractivity (Wildman–Crippen MR) is 79.0 cm³/mol. The average molecular weight is 297 g/mol. The molecule has 0 fully saturated rings. The summed E-state index contributed by atoms with van der Waals surface area (Å²) in [5, 5.41) is 10.7. The number of amides is 1. The SMILES string of the molecule is NC(=O)Cc1cccc2oc(-c3ccc([N+](=O)[O-])cc3)nc12. The summed E-state index contributed by atoms with van der Waals surface area (Å²) in [5.74, 6) is -0.116. The Labute approximate surface area is 124 Å². The lowest BCUT2D eigenvalue weighted by Crippen LogP contribution is -2.13. The number of fused-ring (bicyclic) bond motifs is 1. The van der Waals surface area contributed by atoms with Gasteiger partial charge in [-0.2, -0.15) is 0 Å². The quantitative estimate of drug-likeness (QED) is 0.587. The number of non-ortho nitro benzene ring substituents is 1. The number of hydrogen-bond acceptors (Lipinski definition) is 5. The fourth-order valence-corrected chi connectivity index (χ4v) is 2.19. The molecular formula is C15H11N3O4. The molecule has 7 heteroatoms. The Morgan fingerprint density at radius 3 is 2.59 bits per heavy atom. The van der Waals surface area contributed by atoms with Gasteiger partial charge in [0.25, 0.3) is 5.69 Å². The van der Waals surface area contributed by atoms with Gasteiger partial charge < -0.3 is 10.2 Å². The first-order valence-corrected chi connectivity index (χ1v) is 6.46. The molecule has 1 heterocycles. The Kier molecular flexibility index (Phi) is 3.30. The maximum atomic E-state index is 11.1. The van der Waals surface area contributed by atoms with Gasteiger partial charge in [-0.15, -0.1) is 0 Å². The lowest BCUT2D eigenvalue weighted by atomic mass is 10.1. The summed E-state index contributed by atoms with van der Waals surface area (Å²) in [6, 6.07) is 11.2. The molecule has 0 atom stereocenters. The summed E-state index contributed by atoms with van der Waals surface area (Å²) < 4.78 is 5.64. The first kappa shape index (κ1) is 13.7. The summed E-state index contributed by atoms with van der Waals surface area (Å²) >= 11 is 0. The fraction of sp³-hybridized carbons (Fsp3) is 0.0667. The van der Waals surface area contributed by atoms with Crippen molar-refractivity contribution >= 4 is 22.7 Å². The Morgan fingerprint density at radius 2 is 1.95 bits per heavy atom. The molecule has 110 valence electrons. The first-order valence-electron chi connectivity index (χ1n) is 6.46. The molecule has 0 spiro atoms. The molecule has 0 aliphatic heterocycles. The minimum atomic E-state index is -0.471. The number of benzene rings is 2. The van der Waals surface area contributed by atoms with Crippen molar-refractivity contribution in [3.8, 4) is 11.5 Å². The van der Waals surface area contributed by atoms with Crippen molar-refractivity contribution in [2.75, 3.05) is 0 Å². The van der Waals surface area contributed by atoms with Crippen LogP contribution in [-0.4, -0.2) is 15.8 Å². The predicted octanol–water partition coefficient (Wildman–Crippen LogP) is 2.43. The standard InChI is InChI=1S/C15H11N3O4/c16-13(19)8-10-2-1-3-12-14(10)17-15(22-12)9-4-6-11(7-5-9)18(20)21/h1-7H,8H2,(H2,16,19). The van der Waals surface area contributed by atoms with E-state index in [1.165, 1.54) is 12.1 Å². The van der Waals surface area contributed by atoms with Crippen molar-refractivity contribution < 1.29 is 14.1 Å². The smallest absolute Gasteiger partial charge is 0.269 e. The van der Waals surface area contributed by atoms with Gasteiger partial charge in [-0.1, -0.05) is 12.1 Å². The average Bonchev–Trinajstić information content (AvgIpc) is 2.92. The third kappa shape index (κ3) is 2.51. The molecule has 0 saturated carbocycles. The number of nitrogens with two attached hydrogens (primary N) is 1. The molecule has 7 nitrogen and oxygen atoms in total. The third-order valence-corrected chi connectivity index (χ3v) is 3.19. The number of aromatic nitrogens is 1. The Balaban J connectivity index is 2.04. The molecule has 0 bridgehead atoms. The van der Waals surface area contributed by atoms with Crippen molar-refractivity contribution in [1.82, 2.24) is 4.98 Å². The molecule has 0 unspecified atom stereocenters. The number of nitro benzene ring substituents is 1. The van der Waals surface area contributed by atoms with Crippen LogP contribution >= 0.6 is 0 Å². The number of carbonyl (C=O) groups is 1. The van der Waals surface area contributed by atoms with Crippen molar-refractivity contribution in [1.29, 1.82) is 0 Å². The van der Waals surface area contributed by atoms with Gasteiger partial charge in [0.2, 0.25) is 11.8 Å². The van der Waals surface area contributed by atoms with E-state index in [0.29, 0.717) is 28.1 Å². The van der Waals surface area contributed by atoms with Crippen LogP contribution in [0.25, 0.3) is 22.6 Å². The van der Waals surface area contributed by atoms with Gasteiger partial charge in [-0.05, 0) is 23.8 Å². The Bertz CT molecular complexity index is 868. The van der Waals surface area contributed by atoms with Crippen LogP contribution in [-0.2, 0) is 11.2 Å². The molecule has 1 amide bonds. The molecule has 0 aliphatic carbocycles. The van der Waals surface area contributed by atoms with Crippen LogP contribution in [0.15, 0.2) is 46.9 Å². The zero-order valence-corrected chi connectivity index (χ0v) is 11.4. The molecule has 3 aromatic rings. The van der Waals surface area contributed by atoms with Gasteiger partial charge >= 0.3 is 0 Å². The van der Waals surface area contributed by atoms with Gasteiger partial charge in [0.1, 0.15) is 5.52 Å². The highest BCUT2D eigenvalue weighted by Crippen LogP contribution is 2.27. The van der Waals surface area contributed by atoms with Crippen LogP contribution in [0.4, 0.5) is 5.69 Å². The Hall–Kier alpha value is -3.22. The number of nitro groups is 1. The second kappa shape index (κ2) is 5.28. The van der Waals surface area contributed by atoms with Crippen LogP contribution in [0.3, 0.4) is 0 Å². The van der Waals surface area contributed by atoms with Gasteiger partial charge in [0, 0.05) is 17.7 Å². The summed E-state index contributed by atoms with van der Waals surface area (Å²) in [5.41, 5.74) is 7.61. The molecule has 3 rings (SSSR count). The highest BCUT2D eigenvalue weighted by atomic mass is 16.6. The zero-order valence-electron chi connectivity index (χ0n) is 11.4. The van der Waals surface area contributed by atoms with E-state index in [2.05, 4.69) is 4.98 Å². The van der Waals surface area contributed by atoms with Crippen LogP contribution in [0, 0.1) is 10.1 Å². The van der Waals surface area contributed by atoms with Crippen LogP contribution in [0.5, 0.6) is 0 Å². The second-order valence-electron chi connectivity index (χ2n) is 4.73. The summed E-state index contributed by atoms with van der Waals surface area (Å²) in [4.78, 5) is 25.6. The fourth-order valence-electron chi connectivity index (χ4n) is 2.19. The van der Waals surface area contributed by atoms with Gasteiger partial charge in [-0.25, -0.2) is 4.98 Å². The number of rotatable bonds is 4. The number of carbonyl (C=O) groups excluding carboxylic acids is 1. The van der Waals surface area contributed by atoms with E-state index in [1.807, 2.05) is 0 Å². The van der Waals surface area contributed by atoms with Gasteiger partial charge in [0.15, 0.2) is 5.58 Å². The van der Waals surface area contributed by atoms with E-state index in [9.17, 15) is 14.9 Å². The largest absolute Gasteiger partial charge is 0.436 e. The van der Waals surface area contributed by atoms with Crippen molar-refractivity contribution in [3.63, 3.8) is 0 Å². The summed E-state index contributed by atoms with van der Waals surface area (Å²) in [6.07, 6.45) is 0.0730. The third-order valence-electron chi connectivity index (χ3n) is 3.19. The highest BCUT2D eigenvalue weighted by molar-refractivity contribution is 5.85. The van der Waals surface area contributed by atoms with E-state index in [-0.39, 0.29) is 12.1 Å². The molecule has 2 aromatic carbocycles. The molecule has 0 radical (unpaired) electrons. The number of nitrogens with zero attached hydrogens (tertiary/aromatic N) is 2. The van der Waals surface area contributed by atoms with Gasteiger partial charge in [-0.3, -0.25) is 14.9 Å². The number of hydrogen-bond donors (Lipinski definition) is 1. The maximum absolute atomic E-state index is 11.1. The minimum absolute atomic E-state index is 0.00530. The van der Waals surface area contributed by atoms with E-state index in [0.717, 1.165) is 0 Å². The topological polar surface area (TPSA) is 112 Å². The van der Waals surface area contributed by atoms with Crippen molar-refractivity contribution in [2.24, 2.45) is 5.73 Å². The van der Waals surface area contributed by atoms with Gasteiger partial charge in [0.05, 0.1) is 11.3 Å². The number of oxazole rings is 1. The molecule has 0 saturated heterocycles. The molecule has 1 aromatic heterocycles. The summed E-state index contributed by atoms with van der Waals surface area (Å²) in [6.45, 7) is 0. The number of para-hydroxylation sites is 1. The highest BCUT2D eigenvalue weighted by Gasteiger charge is 2.13. The van der Waals surface area contributed by atoms with E-state index in [4.69, 9.17) is 10.2 Å². The molecule has 22 heavy (non-hydrogen) atoms.